The summed E-state index contributed by atoms with van der Waals surface area (Å²) in [5.74, 6) is -0.556. The molecule has 3 amide bonds. The zero-order valence-electron chi connectivity index (χ0n) is 18.0. The molecule has 0 unspecified atom stereocenters. The van der Waals surface area contributed by atoms with Crippen LogP contribution in [-0.4, -0.2) is 74.2 Å². The van der Waals surface area contributed by atoms with E-state index in [0.717, 1.165) is 0 Å². The van der Waals surface area contributed by atoms with Crippen LogP contribution in [0.15, 0.2) is 53.4 Å². The van der Waals surface area contributed by atoms with Gasteiger partial charge in [-0.05, 0) is 37.3 Å². The van der Waals surface area contributed by atoms with Crippen LogP contribution < -0.4 is 15.4 Å². The van der Waals surface area contributed by atoms with Crippen LogP contribution in [0.2, 0.25) is 0 Å². The Balaban J connectivity index is 1.37. The van der Waals surface area contributed by atoms with Crippen molar-refractivity contribution in [3.8, 4) is 5.75 Å². The van der Waals surface area contributed by atoms with Crippen LogP contribution in [0, 0.1) is 0 Å². The molecule has 0 aliphatic carbocycles. The summed E-state index contributed by atoms with van der Waals surface area (Å²) in [4.78, 5) is 38.2. The summed E-state index contributed by atoms with van der Waals surface area (Å²) in [7, 11) is -3.82. The number of benzene rings is 2. The number of nitrogens with one attached hydrogen (secondary N) is 2. The lowest BCUT2D eigenvalue weighted by Gasteiger charge is -2.35. The van der Waals surface area contributed by atoms with E-state index in [1.54, 1.807) is 42.2 Å². The van der Waals surface area contributed by atoms with Crippen LogP contribution in [0.5, 0.6) is 5.75 Å². The Bertz CT molecular complexity index is 1180. The Kier molecular flexibility index (Phi) is 6.34. The van der Waals surface area contributed by atoms with E-state index >= 15 is 0 Å². The van der Waals surface area contributed by atoms with Crippen molar-refractivity contribution in [2.75, 3.05) is 38.1 Å². The molecule has 2 aromatic carbocycles. The lowest BCUT2D eigenvalue weighted by atomic mass is 10.2. The average molecular weight is 473 g/mol. The largest absolute Gasteiger partial charge is 0.482 e. The van der Waals surface area contributed by atoms with Crippen LogP contribution >= 0.6 is 0 Å². The van der Waals surface area contributed by atoms with E-state index in [9.17, 15) is 22.8 Å². The third kappa shape index (κ3) is 4.83. The number of nitrogens with zero attached hydrogens (tertiary/aromatic N) is 2. The molecule has 4 rings (SSSR count). The van der Waals surface area contributed by atoms with Crippen LogP contribution in [0.25, 0.3) is 0 Å². The number of carbonyl (C=O) groups is 3. The zero-order valence-corrected chi connectivity index (χ0v) is 18.8. The maximum absolute atomic E-state index is 13.1. The van der Waals surface area contributed by atoms with E-state index in [0.29, 0.717) is 17.0 Å². The van der Waals surface area contributed by atoms with Crippen molar-refractivity contribution in [3.05, 3.63) is 54.1 Å². The summed E-state index contributed by atoms with van der Waals surface area (Å²) >= 11 is 0. The quantitative estimate of drug-likeness (QED) is 0.659. The number of hydrogen-bond donors (Lipinski definition) is 2. The summed E-state index contributed by atoms with van der Waals surface area (Å²) in [5.41, 5.74) is 0.767. The summed E-state index contributed by atoms with van der Waals surface area (Å²) < 4.78 is 32.7. The molecular formula is C22H24N4O6S. The topological polar surface area (TPSA) is 125 Å². The van der Waals surface area contributed by atoms with E-state index in [4.69, 9.17) is 4.74 Å². The number of fused-ring (bicyclic) bond motifs is 1. The van der Waals surface area contributed by atoms with E-state index in [1.165, 1.54) is 22.5 Å². The van der Waals surface area contributed by atoms with Crippen molar-refractivity contribution in [2.24, 2.45) is 0 Å². The van der Waals surface area contributed by atoms with Gasteiger partial charge in [0.15, 0.2) is 6.61 Å². The molecule has 0 spiro atoms. The van der Waals surface area contributed by atoms with Gasteiger partial charge in [-0.2, -0.15) is 4.31 Å². The van der Waals surface area contributed by atoms with Gasteiger partial charge in [0.1, 0.15) is 11.8 Å². The van der Waals surface area contributed by atoms with E-state index < -0.39 is 16.1 Å². The summed E-state index contributed by atoms with van der Waals surface area (Å²) in [6.45, 7) is 2.14. The Labute approximate surface area is 191 Å². The zero-order chi connectivity index (χ0) is 23.6. The van der Waals surface area contributed by atoms with Crippen molar-refractivity contribution in [1.29, 1.82) is 0 Å². The standard InChI is InChI=1S/C22H24N4O6S/c1-15(23-21(28)16-5-3-2-4-6-16)22(29)25-9-11-26(12-10-25)33(30,31)17-7-8-19-18(13-17)24-20(27)14-32-19/h2-8,13,15H,9-12,14H2,1H3,(H,23,28)(H,24,27)/t15-/m1/s1. The molecule has 2 aromatic rings. The number of carbonyl (C=O) groups excluding carboxylic acids is 3. The minimum absolute atomic E-state index is 0.0373. The molecule has 33 heavy (non-hydrogen) atoms. The summed E-state index contributed by atoms with van der Waals surface area (Å²) in [5, 5.41) is 5.29. The number of anilines is 1. The molecule has 1 fully saturated rings. The van der Waals surface area contributed by atoms with Crippen LogP contribution in [0.1, 0.15) is 17.3 Å². The maximum atomic E-state index is 13.1. The van der Waals surface area contributed by atoms with Crippen LogP contribution in [-0.2, 0) is 19.6 Å². The molecule has 0 aromatic heterocycles. The molecule has 0 radical (unpaired) electrons. The molecule has 0 saturated carbocycles. The third-order valence-corrected chi connectivity index (χ3v) is 7.42. The fourth-order valence-electron chi connectivity index (χ4n) is 3.73. The van der Waals surface area contributed by atoms with E-state index in [-0.39, 0.29) is 55.4 Å². The number of rotatable bonds is 5. The van der Waals surface area contributed by atoms with Gasteiger partial charge in [-0.1, -0.05) is 18.2 Å². The number of sulfonamides is 1. The van der Waals surface area contributed by atoms with E-state index in [1.807, 2.05) is 0 Å². The lowest BCUT2D eigenvalue weighted by molar-refractivity contribution is -0.134. The maximum Gasteiger partial charge on any atom is 0.262 e. The van der Waals surface area contributed by atoms with Crippen molar-refractivity contribution in [2.45, 2.75) is 17.9 Å². The van der Waals surface area contributed by atoms with Gasteiger partial charge in [0.05, 0.1) is 10.6 Å². The molecule has 0 bridgehead atoms. The predicted octanol–water partition coefficient (Wildman–Crippen LogP) is 0.669. The molecule has 174 valence electrons. The van der Waals surface area contributed by atoms with Gasteiger partial charge in [-0.3, -0.25) is 14.4 Å². The van der Waals surface area contributed by atoms with Gasteiger partial charge >= 0.3 is 0 Å². The highest BCUT2D eigenvalue weighted by Crippen LogP contribution is 2.31. The van der Waals surface area contributed by atoms with Crippen molar-refractivity contribution in [1.82, 2.24) is 14.5 Å². The molecule has 2 heterocycles. The predicted molar refractivity (Wildman–Crippen MR) is 119 cm³/mol. The van der Waals surface area contributed by atoms with Gasteiger partial charge < -0.3 is 20.3 Å². The smallest absolute Gasteiger partial charge is 0.262 e. The number of piperazine rings is 1. The molecule has 1 saturated heterocycles. The van der Waals surface area contributed by atoms with Gasteiger partial charge in [-0.15, -0.1) is 0 Å². The monoisotopic (exact) mass is 472 g/mol. The molecule has 10 nitrogen and oxygen atoms in total. The highest BCUT2D eigenvalue weighted by molar-refractivity contribution is 7.89. The first kappa shape index (κ1) is 22.7. The number of hydrogen-bond acceptors (Lipinski definition) is 6. The minimum Gasteiger partial charge on any atom is -0.482 e. The highest BCUT2D eigenvalue weighted by Gasteiger charge is 2.32. The molecular weight excluding hydrogens is 448 g/mol. The highest BCUT2D eigenvalue weighted by atomic mass is 32.2. The summed E-state index contributed by atoms with van der Waals surface area (Å²) in [6, 6.07) is 12.2. The SMILES string of the molecule is C[C@@H](NC(=O)c1ccccc1)C(=O)N1CCN(S(=O)(=O)c2ccc3c(c2)NC(=O)CO3)CC1. The first-order valence-electron chi connectivity index (χ1n) is 10.5. The van der Waals surface area contributed by atoms with Crippen molar-refractivity contribution >= 4 is 33.4 Å². The van der Waals surface area contributed by atoms with E-state index in [2.05, 4.69) is 10.6 Å². The molecule has 11 heteroatoms. The average Bonchev–Trinajstić information content (AvgIpc) is 2.83. The second-order valence-electron chi connectivity index (χ2n) is 7.79. The molecule has 2 N–H and O–H groups in total. The minimum atomic E-state index is -3.82. The lowest BCUT2D eigenvalue weighted by Crippen LogP contribution is -2.55. The molecule has 2 aliphatic heterocycles. The van der Waals surface area contributed by atoms with Crippen LogP contribution in [0.4, 0.5) is 5.69 Å². The van der Waals surface area contributed by atoms with Crippen molar-refractivity contribution in [3.63, 3.8) is 0 Å². The molecule has 2 aliphatic rings. The summed E-state index contributed by atoms with van der Waals surface area (Å²) in [6.07, 6.45) is 0. The Morgan fingerprint density at radius 2 is 1.76 bits per heavy atom. The molecule has 1 atom stereocenters. The Morgan fingerprint density at radius 1 is 1.06 bits per heavy atom. The normalized spacial score (nSPS) is 17.4. The van der Waals surface area contributed by atoms with Gasteiger partial charge in [-0.25, -0.2) is 8.42 Å². The number of amides is 3. The van der Waals surface area contributed by atoms with Crippen LogP contribution in [0.3, 0.4) is 0 Å². The number of ether oxygens (including phenoxy) is 1. The Hall–Kier alpha value is -3.44. The van der Waals surface area contributed by atoms with Gasteiger partial charge in [0.2, 0.25) is 15.9 Å². The second kappa shape index (κ2) is 9.20. The van der Waals surface area contributed by atoms with Gasteiger partial charge in [0, 0.05) is 31.7 Å². The van der Waals surface area contributed by atoms with Gasteiger partial charge in [0.25, 0.3) is 11.8 Å². The fourth-order valence-corrected chi connectivity index (χ4v) is 5.17. The Morgan fingerprint density at radius 3 is 2.45 bits per heavy atom. The fraction of sp³-hybridized carbons (Fsp3) is 0.318. The third-order valence-electron chi connectivity index (χ3n) is 5.53. The van der Waals surface area contributed by atoms with Crippen molar-refractivity contribution < 1.29 is 27.5 Å². The second-order valence-corrected chi connectivity index (χ2v) is 9.72. The first-order chi connectivity index (χ1) is 15.8. The first-order valence-corrected chi connectivity index (χ1v) is 11.9.